The van der Waals surface area contributed by atoms with E-state index in [2.05, 4.69) is 5.32 Å². The maximum absolute atomic E-state index is 13.5. The molecule has 0 aliphatic heterocycles. The van der Waals surface area contributed by atoms with Gasteiger partial charge in [-0.1, -0.05) is 6.07 Å². The first kappa shape index (κ1) is 12.3. The predicted molar refractivity (Wildman–Crippen MR) is 67.8 cm³/mol. The monoisotopic (exact) mass is 260 g/mol. The standard InChI is InChI=1S/C13H9FN2OS/c14-11-6-9(8-15)3-4-12(11)16-13(17)7-10-2-1-5-18-10/h1-6H,7H2,(H,16,17). The number of hydrogen-bond acceptors (Lipinski definition) is 3. The molecule has 0 atom stereocenters. The number of anilines is 1. The van der Waals surface area contributed by atoms with E-state index in [0.717, 1.165) is 10.9 Å². The van der Waals surface area contributed by atoms with Gasteiger partial charge in [-0.05, 0) is 29.6 Å². The van der Waals surface area contributed by atoms with Gasteiger partial charge in [0.15, 0.2) is 0 Å². The van der Waals surface area contributed by atoms with Crippen molar-refractivity contribution in [1.29, 1.82) is 5.26 Å². The number of rotatable bonds is 3. The van der Waals surface area contributed by atoms with Crippen LogP contribution in [-0.2, 0) is 11.2 Å². The van der Waals surface area contributed by atoms with Crippen LogP contribution in [-0.4, -0.2) is 5.91 Å². The van der Waals surface area contributed by atoms with E-state index in [1.54, 1.807) is 0 Å². The topological polar surface area (TPSA) is 52.9 Å². The van der Waals surface area contributed by atoms with Crippen LogP contribution in [0.4, 0.5) is 10.1 Å². The van der Waals surface area contributed by atoms with Gasteiger partial charge in [-0.25, -0.2) is 4.39 Å². The van der Waals surface area contributed by atoms with Gasteiger partial charge in [0.05, 0.1) is 23.7 Å². The summed E-state index contributed by atoms with van der Waals surface area (Å²) >= 11 is 1.47. The Morgan fingerprint density at radius 2 is 2.28 bits per heavy atom. The summed E-state index contributed by atoms with van der Waals surface area (Å²) in [7, 11) is 0. The van der Waals surface area contributed by atoms with Gasteiger partial charge in [0.2, 0.25) is 5.91 Å². The zero-order valence-electron chi connectivity index (χ0n) is 9.31. The molecule has 0 fully saturated rings. The highest BCUT2D eigenvalue weighted by molar-refractivity contribution is 7.10. The highest BCUT2D eigenvalue weighted by Crippen LogP contribution is 2.16. The Kier molecular flexibility index (Phi) is 3.70. The lowest BCUT2D eigenvalue weighted by atomic mass is 10.2. The fourth-order valence-corrected chi connectivity index (χ4v) is 2.16. The molecule has 0 aliphatic carbocycles. The molecule has 2 rings (SSSR count). The Morgan fingerprint density at radius 1 is 1.44 bits per heavy atom. The lowest BCUT2D eigenvalue weighted by molar-refractivity contribution is -0.115. The van der Waals surface area contributed by atoms with Gasteiger partial charge in [-0.15, -0.1) is 11.3 Å². The number of carbonyl (C=O) groups excluding carboxylic acids is 1. The smallest absolute Gasteiger partial charge is 0.229 e. The molecule has 1 N–H and O–H groups in total. The minimum Gasteiger partial charge on any atom is -0.323 e. The molecule has 0 bridgehead atoms. The van der Waals surface area contributed by atoms with E-state index in [0.29, 0.717) is 0 Å². The molecule has 0 saturated heterocycles. The van der Waals surface area contributed by atoms with Crippen LogP contribution in [0.25, 0.3) is 0 Å². The first-order valence-electron chi connectivity index (χ1n) is 5.21. The molecule has 1 heterocycles. The Hall–Kier alpha value is -2.19. The van der Waals surface area contributed by atoms with E-state index in [4.69, 9.17) is 5.26 Å². The van der Waals surface area contributed by atoms with Crippen LogP contribution >= 0.6 is 11.3 Å². The number of benzene rings is 1. The lowest BCUT2D eigenvalue weighted by Crippen LogP contribution is -2.14. The van der Waals surface area contributed by atoms with Gasteiger partial charge in [0, 0.05) is 4.88 Å². The molecular formula is C13H9FN2OS. The summed E-state index contributed by atoms with van der Waals surface area (Å²) < 4.78 is 13.5. The van der Waals surface area contributed by atoms with E-state index in [1.165, 1.54) is 23.5 Å². The largest absolute Gasteiger partial charge is 0.323 e. The van der Waals surface area contributed by atoms with E-state index in [-0.39, 0.29) is 23.6 Å². The summed E-state index contributed by atoms with van der Waals surface area (Å²) in [6, 6.07) is 9.49. The second-order valence-electron chi connectivity index (χ2n) is 3.61. The van der Waals surface area contributed by atoms with Crippen molar-refractivity contribution < 1.29 is 9.18 Å². The molecule has 0 saturated carbocycles. The number of carbonyl (C=O) groups is 1. The van der Waals surface area contributed by atoms with Crippen molar-refractivity contribution in [3.05, 3.63) is 52.0 Å². The van der Waals surface area contributed by atoms with Crippen LogP contribution in [0.3, 0.4) is 0 Å². The van der Waals surface area contributed by atoms with Crippen LogP contribution in [0.1, 0.15) is 10.4 Å². The molecule has 0 unspecified atom stereocenters. The molecule has 90 valence electrons. The van der Waals surface area contributed by atoms with Crippen molar-refractivity contribution in [2.45, 2.75) is 6.42 Å². The minimum absolute atomic E-state index is 0.0931. The molecule has 1 aromatic carbocycles. The van der Waals surface area contributed by atoms with Gasteiger partial charge in [0.1, 0.15) is 5.82 Å². The highest BCUT2D eigenvalue weighted by atomic mass is 32.1. The number of hydrogen-bond donors (Lipinski definition) is 1. The molecular weight excluding hydrogens is 251 g/mol. The normalized spacial score (nSPS) is 9.78. The average molecular weight is 260 g/mol. The fourth-order valence-electron chi connectivity index (χ4n) is 1.45. The second-order valence-corrected chi connectivity index (χ2v) is 4.64. The third-order valence-electron chi connectivity index (χ3n) is 2.29. The number of halogens is 1. The maximum atomic E-state index is 13.5. The zero-order chi connectivity index (χ0) is 13.0. The maximum Gasteiger partial charge on any atom is 0.229 e. The van der Waals surface area contributed by atoms with Crippen molar-refractivity contribution in [3.63, 3.8) is 0 Å². The number of thiophene rings is 1. The first-order chi connectivity index (χ1) is 8.69. The van der Waals surface area contributed by atoms with E-state index < -0.39 is 5.82 Å². The first-order valence-corrected chi connectivity index (χ1v) is 6.09. The van der Waals surface area contributed by atoms with Gasteiger partial charge < -0.3 is 5.32 Å². The Balaban J connectivity index is 2.05. The van der Waals surface area contributed by atoms with Crippen LogP contribution in [0.15, 0.2) is 35.7 Å². The van der Waals surface area contributed by atoms with Crippen molar-refractivity contribution in [2.75, 3.05) is 5.32 Å². The molecule has 0 aliphatic rings. The number of nitrogens with one attached hydrogen (secondary N) is 1. The zero-order valence-corrected chi connectivity index (χ0v) is 10.1. The summed E-state index contributed by atoms with van der Waals surface area (Å²) in [6.07, 6.45) is 0.219. The number of amides is 1. The lowest BCUT2D eigenvalue weighted by Gasteiger charge is -2.05. The average Bonchev–Trinajstić information content (AvgIpc) is 2.84. The molecule has 1 aromatic heterocycles. The predicted octanol–water partition coefficient (Wildman–Crippen LogP) is 2.94. The van der Waals surface area contributed by atoms with E-state index in [1.807, 2.05) is 23.6 Å². The Morgan fingerprint density at radius 3 is 2.89 bits per heavy atom. The molecule has 18 heavy (non-hydrogen) atoms. The number of nitrogens with zero attached hydrogens (tertiary/aromatic N) is 1. The van der Waals surface area contributed by atoms with Crippen LogP contribution < -0.4 is 5.32 Å². The molecule has 0 radical (unpaired) electrons. The van der Waals surface area contributed by atoms with Crippen molar-refractivity contribution in [2.24, 2.45) is 0 Å². The summed E-state index contributed by atoms with van der Waals surface area (Å²) in [5.74, 6) is -0.880. The van der Waals surface area contributed by atoms with Gasteiger partial charge >= 0.3 is 0 Å². The summed E-state index contributed by atoms with van der Waals surface area (Å²) in [4.78, 5) is 12.6. The van der Waals surface area contributed by atoms with Crippen LogP contribution in [0.5, 0.6) is 0 Å². The quantitative estimate of drug-likeness (QED) is 0.922. The molecule has 0 spiro atoms. The second kappa shape index (κ2) is 5.43. The van der Waals surface area contributed by atoms with E-state index in [9.17, 15) is 9.18 Å². The summed E-state index contributed by atoms with van der Waals surface area (Å²) in [6.45, 7) is 0. The molecule has 1 amide bonds. The SMILES string of the molecule is N#Cc1ccc(NC(=O)Cc2cccs2)c(F)c1. The van der Waals surface area contributed by atoms with Gasteiger partial charge in [-0.3, -0.25) is 4.79 Å². The van der Waals surface area contributed by atoms with Gasteiger partial charge in [0.25, 0.3) is 0 Å². The van der Waals surface area contributed by atoms with Crippen molar-refractivity contribution in [3.8, 4) is 6.07 Å². The van der Waals surface area contributed by atoms with Gasteiger partial charge in [-0.2, -0.15) is 5.26 Å². The minimum atomic E-state index is -0.603. The van der Waals surface area contributed by atoms with E-state index >= 15 is 0 Å². The molecule has 5 heteroatoms. The number of nitriles is 1. The molecule has 3 nitrogen and oxygen atoms in total. The molecule has 2 aromatic rings. The third kappa shape index (κ3) is 2.93. The van der Waals surface area contributed by atoms with Crippen molar-refractivity contribution >= 4 is 22.9 Å². The summed E-state index contributed by atoms with van der Waals surface area (Å²) in [5.41, 5.74) is 0.319. The highest BCUT2D eigenvalue weighted by Gasteiger charge is 2.09. The Bertz CT molecular complexity index is 602. The van der Waals surface area contributed by atoms with Crippen molar-refractivity contribution in [1.82, 2.24) is 0 Å². The third-order valence-corrected chi connectivity index (χ3v) is 3.16. The summed E-state index contributed by atoms with van der Waals surface area (Å²) in [5, 5.41) is 13.0. The Labute approximate surface area is 107 Å². The van der Waals surface area contributed by atoms with Crippen LogP contribution in [0.2, 0.25) is 0 Å². The van der Waals surface area contributed by atoms with Crippen LogP contribution in [0, 0.1) is 17.1 Å². The fraction of sp³-hybridized carbons (Fsp3) is 0.0769.